The minimum Gasteiger partial charge on any atom is -0.491 e. The quantitative estimate of drug-likeness (QED) is 0.201. The number of nitro benzene ring substituents is 1. The molecule has 0 heterocycles. The van der Waals surface area contributed by atoms with E-state index in [9.17, 15) is 10.1 Å². The fourth-order valence-electron chi connectivity index (χ4n) is 1.19. The molecule has 1 unspecified atom stereocenters. The van der Waals surface area contributed by atoms with E-state index in [0.717, 1.165) is 24.2 Å². The average molecular weight is 456 g/mol. The van der Waals surface area contributed by atoms with Gasteiger partial charge in [-0.25, -0.2) is 0 Å². The third-order valence-electron chi connectivity index (χ3n) is 4.83. The molecule has 1 aromatic rings. The highest BCUT2D eigenvalue weighted by Crippen LogP contribution is 2.17. The standard InChI is InChI=1S/C12H17NO4.3C5H12/c1-3-10(2)16-8-9-17-12-6-4-11(5-7-12)13(14)15;3*1-4-5(2)3/h4-7,10H,3,8-9H2,1-2H3;3*5H,4H2,1-3H3. The lowest BCUT2D eigenvalue weighted by molar-refractivity contribution is -0.384. The van der Waals surface area contributed by atoms with Gasteiger partial charge in [0, 0.05) is 12.1 Å². The highest BCUT2D eigenvalue weighted by molar-refractivity contribution is 5.35. The fourth-order valence-corrected chi connectivity index (χ4v) is 1.19. The number of ether oxygens (including phenoxy) is 2. The normalized spacial score (nSPS) is 10.9. The molecule has 0 saturated carbocycles. The van der Waals surface area contributed by atoms with Crippen LogP contribution in [0.15, 0.2) is 24.3 Å². The third-order valence-corrected chi connectivity index (χ3v) is 4.83. The lowest BCUT2D eigenvalue weighted by Crippen LogP contribution is -2.13. The van der Waals surface area contributed by atoms with Crippen LogP contribution in [0, 0.1) is 27.9 Å². The van der Waals surface area contributed by atoms with Gasteiger partial charge in [-0.3, -0.25) is 10.1 Å². The molecule has 0 aliphatic heterocycles. The summed E-state index contributed by atoms with van der Waals surface area (Å²) in [6.45, 7) is 25.0. The molecule has 0 amide bonds. The lowest BCUT2D eigenvalue weighted by atomic mass is 10.2. The maximum absolute atomic E-state index is 10.4. The van der Waals surface area contributed by atoms with Gasteiger partial charge in [-0.1, -0.05) is 88.5 Å². The predicted octanol–water partition coefficient (Wildman–Crippen LogP) is 8.95. The third kappa shape index (κ3) is 28.4. The molecule has 0 bridgehead atoms. The summed E-state index contributed by atoms with van der Waals surface area (Å²) in [6, 6.07) is 6.01. The van der Waals surface area contributed by atoms with E-state index in [1.54, 1.807) is 12.1 Å². The molecule has 0 radical (unpaired) electrons. The summed E-state index contributed by atoms with van der Waals surface area (Å²) in [6.07, 6.45) is 5.12. The van der Waals surface area contributed by atoms with Gasteiger partial charge in [0.25, 0.3) is 5.69 Å². The van der Waals surface area contributed by atoms with Crippen LogP contribution in [0.4, 0.5) is 5.69 Å². The maximum atomic E-state index is 10.4. The van der Waals surface area contributed by atoms with Crippen molar-refractivity contribution in [1.29, 1.82) is 0 Å². The van der Waals surface area contributed by atoms with Crippen molar-refractivity contribution in [3.63, 3.8) is 0 Å². The summed E-state index contributed by atoms with van der Waals surface area (Å²) >= 11 is 0. The monoisotopic (exact) mass is 455 g/mol. The highest BCUT2D eigenvalue weighted by atomic mass is 16.6. The second-order valence-electron chi connectivity index (χ2n) is 9.10. The van der Waals surface area contributed by atoms with E-state index >= 15 is 0 Å². The van der Waals surface area contributed by atoms with E-state index in [2.05, 4.69) is 69.2 Å². The molecule has 1 aromatic carbocycles. The Bertz CT molecular complexity index is 494. The van der Waals surface area contributed by atoms with Crippen LogP contribution in [0.2, 0.25) is 0 Å². The molecular weight excluding hydrogens is 402 g/mol. The van der Waals surface area contributed by atoms with Crippen LogP contribution in [0.1, 0.15) is 102 Å². The average Bonchev–Trinajstić information content (AvgIpc) is 2.77. The minimum absolute atomic E-state index is 0.0632. The van der Waals surface area contributed by atoms with Crippen molar-refractivity contribution in [2.45, 2.75) is 108 Å². The summed E-state index contributed by atoms with van der Waals surface area (Å²) in [5, 5.41) is 10.4. The van der Waals surface area contributed by atoms with Gasteiger partial charge in [0.05, 0.1) is 17.6 Å². The van der Waals surface area contributed by atoms with E-state index in [1.165, 1.54) is 31.4 Å². The van der Waals surface area contributed by atoms with Crippen molar-refractivity contribution in [3.8, 4) is 5.75 Å². The number of non-ortho nitro benzene ring substituents is 1. The van der Waals surface area contributed by atoms with Crippen molar-refractivity contribution in [2.75, 3.05) is 13.2 Å². The zero-order valence-electron chi connectivity index (χ0n) is 22.9. The van der Waals surface area contributed by atoms with E-state index < -0.39 is 4.92 Å². The van der Waals surface area contributed by atoms with Gasteiger partial charge in [-0.05, 0) is 43.2 Å². The zero-order valence-corrected chi connectivity index (χ0v) is 22.9. The second-order valence-corrected chi connectivity index (χ2v) is 9.10. The van der Waals surface area contributed by atoms with Crippen molar-refractivity contribution in [3.05, 3.63) is 34.4 Å². The van der Waals surface area contributed by atoms with Crippen LogP contribution >= 0.6 is 0 Å². The molecule has 5 nitrogen and oxygen atoms in total. The van der Waals surface area contributed by atoms with Gasteiger partial charge in [-0.2, -0.15) is 0 Å². The number of hydrogen-bond donors (Lipinski definition) is 0. The number of nitro groups is 1. The Balaban J connectivity index is -0.000000458. The summed E-state index contributed by atoms with van der Waals surface area (Å²) in [5.74, 6) is 3.27. The molecule has 0 aromatic heterocycles. The molecular formula is C27H53NO4. The molecule has 32 heavy (non-hydrogen) atoms. The van der Waals surface area contributed by atoms with Crippen molar-refractivity contribution in [2.24, 2.45) is 17.8 Å². The Hall–Kier alpha value is -1.62. The predicted molar refractivity (Wildman–Crippen MR) is 140 cm³/mol. The summed E-state index contributed by atoms with van der Waals surface area (Å²) in [7, 11) is 0. The van der Waals surface area contributed by atoms with Crippen LogP contribution in [0.3, 0.4) is 0 Å². The van der Waals surface area contributed by atoms with Crippen LogP contribution in [0.5, 0.6) is 5.75 Å². The summed E-state index contributed by atoms with van der Waals surface area (Å²) in [4.78, 5) is 9.99. The summed E-state index contributed by atoms with van der Waals surface area (Å²) < 4.78 is 10.8. The molecule has 0 N–H and O–H groups in total. The fraction of sp³-hybridized carbons (Fsp3) is 0.778. The van der Waals surface area contributed by atoms with Crippen LogP contribution in [-0.2, 0) is 4.74 Å². The smallest absolute Gasteiger partial charge is 0.269 e. The van der Waals surface area contributed by atoms with Gasteiger partial charge in [0.2, 0.25) is 0 Å². The molecule has 0 aliphatic carbocycles. The molecule has 0 saturated heterocycles. The van der Waals surface area contributed by atoms with Crippen LogP contribution in [0.25, 0.3) is 0 Å². The van der Waals surface area contributed by atoms with E-state index in [4.69, 9.17) is 9.47 Å². The Labute approximate surface area is 199 Å². The molecule has 0 fully saturated rings. The first-order valence-electron chi connectivity index (χ1n) is 12.4. The number of nitrogens with zero attached hydrogens (tertiary/aromatic N) is 1. The first-order valence-corrected chi connectivity index (χ1v) is 12.4. The van der Waals surface area contributed by atoms with Crippen molar-refractivity contribution in [1.82, 2.24) is 0 Å². The number of hydrogen-bond acceptors (Lipinski definition) is 4. The Morgan fingerprint density at radius 1 is 0.719 bits per heavy atom. The van der Waals surface area contributed by atoms with Gasteiger partial charge in [0.1, 0.15) is 12.4 Å². The highest BCUT2D eigenvalue weighted by Gasteiger charge is 2.04. The van der Waals surface area contributed by atoms with Gasteiger partial charge in [-0.15, -0.1) is 0 Å². The van der Waals surface area contributed by atoms with Crippen molar-refractivity contribution >= 4 is 5.69 Å². The van der Waals surface area contributed by atoms with Crippen molar-refractivity contribution < 1.29 is 14.4 Å². The molecule has 1 atom stereocenters. The zero-order chi connectivity index (χ0) is 25.5. The Kier molecular flexibility index (Phi) is 26.3. The van der Waals surface area contributed by atoms with Gasteiger partial charge in [0.15, 0.2) is 0 Å². The van der Waals surface area contributed by atoms with E-state index in [-0.39, 0.29) is 11.8 Å². The summed E-state index contributed by atoms with van der Waals surface area (Å²) in [5.41, 5.74) is 0.0632. The molecule has 190 valence electrons. The molecule has 1 rings (SSSR count). The molecule has 5 heteroatoms. The Morgan fingerprint density at radius 3 is 1.38 bits per heavy atom. The first-order chi connectivity index (χ1) is 14.9. The van der Waals surface area contributed by atoms with Crippen LogP contribution < -0.4 is 4.74 Å². The van der Waals surface area contributed by atoms with Gasteiger partial charge >= 0.3 is 0 Å². The second kappa shape index (κ2) is 24.0. The first kappa shape index (κ1) is 35.0. The van der Waals surface area contributed by atoms with E-state index in [0.29, 0.717) is 19.0 Å². The minimum atomic E-state index is -0.435. The van der Waals surface area contributed by atoms with E-state index in [1.807, 2.05) is 6.92 Å². The number of rotatable bonds is 10. The Morgan fingerprint density at radius 2 is 1.09 bits per heavy atom. The largest absolute Gasteiger partial charge is 0.491 e. The maximum Gasteiger partial charge on any atom is 0.269 e. The molecule has 0 aliphatic rings. The topological polar surface area (TPSA) is 61.6 Å². The van der Waals surface area contributed by atoms with Crippen LogP contribution in [-0.4, -0.2) is 24.2 Å². The molecule has 0 spiro atoms. The SMILES string of the molecule is CCC(C)C.CCC(C)C.CCC(C)C.CCC(C)OCCOc1ccc([N+](=O)[O-])cc1. The van der Waals surface area contributed by atoms with Gasteiger partial charge < -0.3 is 9.47 Å². The lowest BCUT2D eigenvalue weighted by Gasteiger charge is -2.11. The number of benzene rings is 1.